The quantitative estimate of drug-likeness (QED) is 0.0970. The fourth-order valence-corrected chi connectivity index (χ4v) is 11.5. The SMILES string of the molecule is COC(=O)N[C@H](C(=O)N1CCC[C@H]1c1ncc(-c2cc(F)c3c(c2)O[C@@H](c2ccc4c(c2)CCCO4)n2c-3cc3cc(-c4cnc([C@@H]5CCCN5C(=O)[C@@H](NC(=O)OC)C5CCOCC5)[nH]4)ccc32)[nH]1)C(C)C. The Balaban J connectivity index is 0.911. The molecule has 0 aliphatic carbocycles. The number of halogens is 1. The Hall–Kier alpha value is -7.41. The highest BCUT2D eigenvalue weighted by molar-refractivity contribution is 5.93. The molecule has 5 aliphatic heterocycles. The van der Waals surface area contributed by atoms with Crippen LogP contribution in [-0.4, -0.2) is 118 Å². The van der Waals surface area contributed by atoms with Crippen molar-refractivity contribution in [2.75, 3.05) is 47.1 Å². The molecule has 73 heavy (non-hydrogen) atoms. The number of carbonyl (C=O) groups excluding carboxylic acids is 4. The number of benzene rings is 3. The summed E-state index contributed by atoms with van der Waals surface area (Å²) in [5, 5.41) is 6.37. The highest BCUT2D eigenvalue weighted by Gasteiger charge is 2.41. The number of hydrogen-bond acceptors (Lipinski definition) is 11. The second-order valence-corrected chi connectivity index (χ2v) is 20.0. The number of methoxy groups -OCH3 is 2. The molecule has 3 aromatic carbocycles. The monoisotopic (exact) mass is 997 g/mol. The Bertz CT molecular complexity index is 3090. The molecule has 3 saturated heterocycles. The van der Waals surface area contributed by atoms with Gasteiger partial charge < -0.3 is 58.7 Å². The molecule has 0 spiro atoms. The number of nitrogens with one attached hydrogen (secondary N) is 4. The van der Waals surface area contributed by atoms with Gasteiger partial charge in [-0.1, -0.05) is 19.9 Å². The molecule has 0 saturated carbocycles. The first-order valence-corrected chi connectivity index (χ1v) is 25.4. The van der Waals surface area contributed by atoms with Crippen molar-refractivity contribution in [1.29, 1.82) is 0 Å². The normalized spacial score (nSPS) is 20.4. The lowest BCUT2D eigenvalue weighted by atomic mass is 9.90. The number of amides is 4. The molecule has 5 aliphatic rings. The Morgan fingerprint density at radius 3 is 2.14 bits per heavy atom. The highest BCUT2D eigenvalue weighted by atomic mass is 19.1. The number of aromatic amines is 2. The number of likely N-dealkylation sites (tertiary alicyclic amines) is 2. The van der Waals surface area contributed by atoms with Crippen molar-refractivity contribution in [2.45, 2.75) is 95.6 Å². The Kier molecular flexibility index (Phi) is 13.0. The fraction of sp³-hybridized carbons (Fsp3) is 0.444. The van der Waals surface area contributed by atoms with Gasteiger partial charge in [-0.25, -0.2) is 23.9 Å². The van der Waals surface area contributed by atoms with Gasteiger partial charge in [0.15, 0.2) is 0 Å². The van der Waals surface area contributed by atoms with Crippen molar-refractivity contribution in [1.82, 2.24) is 44.9 Å². The molecule has 4 N–H and O–H groups in total. The third kappa shape index (κ3) is 9.01. The molecule has 4 amide bonds. The van der Waals surface area contributed by atoms with E-state index in [1.54, 1.807) is 17.3 Å². The largest absolute Gasteiger partial charge is 0.493 e. The molecular weight excluding hydrogens is 938 g/mol. The first kappa shape index (κ1) is 47.9. The van der Waals surface area contributed by atoms with Crippen molar-refractivity contribution in [3.63, 3.8) is 0 Å². The number of hydrogen-bond donors (Lipinski definition) is 4. The van der Waals surface area contributed by atoms with E-state index in [4.69, 9.17) is 33.7 Å². The molecule has 0 unspecified atom stereocenters. The van der Waals surface area contributed by atoms with Crippen LogP contribution < -0.4 is 20.1 Å². The second kappa shape index (κ2) is 19.9. The van der Waals surface area contributed by atoms with Crippen LogP contribution in [0.4, 0.5) is 14.0 Å². The van der Waals surface area contributed by atoms with E-state index in [0.29, 0.717) is 98.5 Å². The van der Waals surface area contributed by atoms with Crippen molar-refractivity contribution in [3.8, 4) is 45.3 Å². The third-order valence-electron chi connectivity index (χ3n) is 15.2. The van der Waals surface area contributed by atoms with Crippen LogP contribution in [0.15, 0.2) is 67.0 Å². The zero-order chi connectivity index (χ0) is 50.5. The molecule has 8 heterocycles. The van der Waals surface area contributed by atoms with Crippen LogP contribution >= 0.6 is 0 Å². The third-order valence-corrected chi connectivity index (χ3v) is 15.2. The summed E-state index contributed by atoms with van der Waals surface area (Å²) in [6, 6.07) is 15.3. The van der Waals surface area contributed by atoms with Crippen LogP contribution in [0.25, 0.3) is 44.7 Å². The minimum Gasteiger partial charge on any atom is -0.493 e. The van der Waals surface area contributed by atoms with Gasteiger partial charge in [0.25, 0.3) is 0 Å². The maximum absolute atomic E-state index is 17.1. The summed E-state index contributed by atoms with van der Waals surface area (Å²) in [4.78, 5) is 72.8. The summed E-state index contributed by atoms with van der Waals surface area (Å²) >= 11 is 0. The van der Waals surface area contributed by atoms with Gasteiger partial charge in [0, 0.05) is 48.4 Å². The predicted molar refractivity (Wildman–Crippen MR) is 266 cm³/mol. The van der Waals surface area contributed by atoms with Crippen LogP contribution in [0.2, 0.25) is 0 Å². The van der Waals surface area contributed by atoms with Crippen LogP contribution in [0.3, 0.4) is 0 Å². The molecule has 19 heteroatoms. The maximum Gasteiger partial charge on any atom is 0.407 e. The number of H-pyrrole nitrogens is 2. The molecule has 382 valence electrons. The van der Waals surface area contributed by atoms with E-state index in [-0.39, 0.29) is 35.7 Å². The first-order valence-electron chi connectivity index (χ1n) is 25.4. The smallest absolute Gasteiger partial charge is 0.407 e. The first-order chi connectivity index (χ1) is 35.5. The van der Waals surface area contributed by atoms with Gasteiger partial charge in [0.1, 0.15) is 41.0 Å². The molecule has 0 radical (unpaired) electrons. The molecule has 3 fully saturated rings. The fourth-order valence-electron chi connectivity index (χ4n) is 11.5. The van der Waals surface area contributed by atoms with Gasteiger partial charge in [-0.15, -0.1) is 0 Å². The minimum atomic E-state index is -0.780. The lowest BCUT2D eigenvalue weighted by Gasteiger charge is -2.34. The van der Waals surface area contributed by atoms with Gasteiger partial charge >= 0.3 is 12.2 Å². The predicted octanol–water partition coefficient (Wildman–Crippen LogP) is 8.35. The molecule has 3 aromatic heterocycles. The number of aryl methyl sites for hydroxylation is 1. The number of ether oxygens (including phenoxy) is 5. The van der Waals surface area contributed by atoms with Crippen LogP contribution in [-0.2, 0) is 30.2 Å². The van der Waals surface area contributed by atoms with E-state index >= 15 is 4.39 Å². The minimum absolute atomic E-state index is 0.0800. The van der Waals surface area contributed by atoms with Gasteiger partial charge in [-0.3, -0.25) is 9.59 Å². The Morgan fingerprint density at radius 1 is 0.753 bits per heavy atom. The van der Waals surface area contributed by atoms with Gasteiger partial charge in [0.2, 0.25) is 18.0 Å². The number of fused-ring (bicyclic) bond motifs is 6. The average Bonchev–Trinajstić information content (AvgIpc) is 4.28. The number of nitrogens with zero attached hydrogens (tertiary/aromatic N) is 5. The molecule has 11 rings (SSSR count). The van der Waals surface area contributed by atoms with E-state index in [2.05, 4.69) is 32.7 Å². The van der Waals surface area contributed by atoms with Crippen molar-refractivity contribution in [2.24, 2.45) is 11.8 Å². The summed E-state index contributed by atoms with van der Waals surface area (Å²) in [5.74, 6) is 1.31. The van der Waals surface area contributed by atoms with Crippen molar-refractivity contribution < 1.29 is 47.3 Å². The molecular formula is C54H60FN9O9. The van der Waals surface area contributed by atoms with Gasteiger partial charge in [-0.05, 0) is 117 Å². The summed E-state index contributed by atoms with van der Waals surface area (Å²) in [6.45, 7) is 6.48. The van der Waals surface area contributed by atoms with Crippen LogP contribution in [0.5, 0.6) is 11.5 Å². The number of carbonyl (C=O) groups is 4. The van der Waals surface area contributed by atoms with Crippen LogP contribution in [0.1, 0.15) is 99.9 Å². The number of alkyl carbamates (subject to hydrolysis) is 2. The van der Waals surface area contributed by atoms with E-state index in [9.17, 15) is 19.2 Å². The molecule has 18 nitrogen and oxygen atoms in total. The van der Waals surface area contributed by atoms with E-state index in [0.717, 1.165) is 64.7 Å². The Morgan fingerprint density at radius 2 is 1.44 bits per heavy atom. The van der Waals surface area contributed by atoms with E-state index < -0.39 is 36.3 Å². The number of imidazole rings is 2. The zero-order valence-corrected chi connectivity index (χ0v) is 41.4. The van der Waals surface area contributed by atoms with E-state index in [1.165, 1.54) is 20.3 Å². The lowest BCUT2D eigenvalue weighted by molar-refractivity contribution is -0.137. The van der Waals surface area contributed by atoms with Crippen LogP contribution in [0, 0.1) is 17.7 Å². The molecule has 6 aromatic rings. The van der Waals surface area contributed by atoms with Crippen molar-refractivity contribution >= 4 is 34.9 Å². The molecule has 0 bridgehead atoms. The summed E-state index contributed by atoms with van der Waals surface area (Å²) in [5.41, 5.74) is 6.47. The molecule has 5 atom stereocenters. The summed E-state index contributed by atoms with van der Waals surface area (Å²) < 4.78 is 47.3. The van der Waals surface area contributed by atoms with Gasteiger partial charge in [0.05, 0.1) is 73.5 Å². The Labute approximate surface area is 421 Å². The average molecular weight is 998 g/mol. The maximum atomic E-state index is 17.1. The van der Waals surface area contributed by atoms with E-state index in [1.807, 2.05) is 59.7 Å². The summed E-state index contributed by atoms with van der Waals surface area (Å²) in [7, 11) is 2.56. The second-order valence-electron chi connectivity index (χ2n) is 20.0. The van der Waals surface area contributed by atoms with Gasteiger partial charge in [-0.2, -0.15) is 0 Å². The standard InChI is InChI=1S/C54H60FN9O9/c1-29(2)46(60-53(67)69-3)50(65)62-17-5-9-40(62)49-57-28-38(59-49)34-24-36(55)45-42-25-35-22-31(11-13-39(35)64(42)52(73-44(45)26-34)33-12-14-43-32(23-33)8-7-19-72-43)37-27-56-48(58-37)41-10-6-18-63(41)51(66)47(61-54(68)70-4)30-15-20-71-21-16-30/h11-14,22-30,40-41,46-47,52H,5-10,15-21H2,1-4H3,(H,56,58)(H,57,59)(H,60,67)(H,61,68)/t40-,41-,46-,47-,52-/m0/s1. The highest BCUT2D eigenvalue weighted by Crippen LogP contribution is 2.48. The topological polar surface area (TPSA) is 207 Å². The van der Waals surface area contributed by atoms with Crippen molar-refractivity contribution in [3.05, 3.63) is 95.6 Å². The number of rotatable bonds is 11. The zero-order valence-electron chi connectivity index (χ0n) is 41.4. The number of aromatic nitrogens is 5. The summed E-state index contributed by atoms with van der Waals surface area (Å²) in [6.07, 6.45) is 7.44. The lowest BCUT2D eigenvalue weighted by Crippen LogP contribution is -2.53.